The molecule has 1 aromatic heterocycles. The summed E-state index contributed by atoms with van der Waals surface area (Å²) in [7, 11) is 0. The molecule has 0 amide bonds. The lowest BCUT2D eigenvalue weighted by Gasteiger charge is -2.13. The van der Waals surface area contributed by atoms with Gasteiger partial charge >= 0.3 is 5.69 Å². The molecule has 1 N–H and O–H groups in total. The van der Waals surface area contributed by atoms with E-state index in [0.717, 1.165) is 0 Å². The average molecular weight is 328 g/mol. The third kappa shape index (κ3) is 2.21. The molecule has 0 radical (unpaired) electrons. The van der Waals surface area contributed by atoms with Gasteiger partial charge in [-0.05, 0) is 29.8 Å². The van der Waals surface area contributed by atoms with E-state index < -0.39 is 0 Å². The van der Waals surface area contributed by atoms with Crippen LogP contribution in [0.4, 0.5) is 4.39 Å². The van der Waals surface area contributed by atoms with Gasteiger partial charge in [-0.2, -0.15) is 5.10 Å². The summed E-state index contributed by atoms with van der Waals surface area (Å²) in [6.45, 7) is 0. The maximum atomic E-state index is 14.3. The van der Waals surface area contributed by atoms with E-state index in [-0.39, 0.29) is 11.5 Å². The summed E-state index contributed by atoms with van der Waals surface area (Å²) in [4.78, 5) is 12.1. The molecule has 1 aliphatic rings. The molecule has 2 heterocycles. The van der Waals surface area contributed by atoms with Crippen molar-refractivity contribution in [1.29, 1.82) is 0 Å². The highest BCUT2D eigenvalue weighted by molar-refractivity contribution is 6.30. The summed E-state index contributed by atoms with van der Waals surface area (Å²) in [5.41, 5.74) is 2.18. The van der Waals surface area contributed by atoms with Gasteiger partial charge in [-0.15, -0.1) is 0 Å². The smallest absolute Gasteiger partial charge is 0.246 e. The zero-order valence-corrected chi connectivity index (χ0v) is 12.6. The first kappa shape index (κ1) is 14.0. The summed E-state index contributed by atoms with van der Waals surface area (Å²) in [6, 6.07) is 11.7. The second-order valence-corrected chi connectivity index (χ2v) is 5.68. The maximum absolute atomic E-state index is 14.3. The number of fused-ring (bicyclic) bond motifs is 3. The molecule has 1 aliphatic heterocycles. The monoisotopic (exact) mass is 327 g/mol. The van der Waals surface area contributed by atoms with Gasteiger partial charge in [0, 0.05) is 22.6 Å². The van der Waals surface area contributed by atoms with E-state index in [4.69, 9.17) is 11.6 Å². The average Bonchev–Trinajstić information content (AvgIpc) is 2.82. The molecular formula is C17H11ClFN3O. The Kier molecular flexibility index (Phi) is 3.16. The van der Waals surface area contributed by atoms with E-state index in [1.165, 1.54) is 10.6 Å². The van der Waals surface area contributed by atoms with Crippen LogP contribution in [-0.4, -0.2) is 14.8 Å². The Balaban J connectivity index is 2.05. The largest absolute Gasteiger partial charge is 0.347 e. The second kappa shape index (κ2) is 5.21. The summed E-state index contributed by atoms with van der Waals surface area (Å²) in [6.07, 6.45) is 2.28. The number of hydrogen-bond donors (Lipinski definition) is 1. The third-order valence-corrected chi connectivity index (χ3v) is 4.12. The molecular weight excluding hydrogens is 317 g/mol. The predicted octanol–water partition coefficient (Wildman–Crippen LogP) is 3.34. The molecule has 6 heteroatoms. The highest BCUT2D eigenvalue weighted by Crippen LogP contribution is 2.34. The van der Waals surface area contributed by atoms with Crippen molar-refractivity contribution < 1.29 is 4.39 Å². The number of nitrogens with zero attached hydrogens (tertiary/aromatic N) is 2. The van der Waals surface area contributed by atoms with Gasteiger partial charge < -0.3 is 0 Å². The highest BCUT2D eigenvalue weighted by atomic mass is 35.5. The SMILES string of the molecule is O=c1[nH]nc2n1-c1ccc(Cl)cc1C(c1ccccc1F)=CC2. The van der Waals surface area contributed by atoms with Crippen LogP contribution in [0.15, 0.2) is 53.3 Å². The number of halogens is 2. The lowest BCUT2D eigenvalue weighted by molar-refractivity contribution is 0.624. The molecule has 0 bridgehead atoms. The van der Waals surface area contributed by atoms with Gasteiger partial charge in [0.15, 0.2) is 0 Å². The van der Waals surface area contributed by atoms with E-state index in [1.54, 1.807) is 36.4 Å². The van der Waals surface area contributed by atoms with Crippen LogP contribution < -0.4 is 5.69 Å². The molecule has 0 saturated carbocycles. The summed E-state index contributed by atoms with van der Waals surface area (Å²) < 4.78 is 15.8. The molecule has 4 rings (SSSR count). The first-order valence-electron chi connectivity index (χ1n) is 7.07. The van der Waals surface area contributed by atoms with Crippen LogP contribution in [-0.2, 0) is 6.42 Å². The molecule has 114 valence electrons. The van der Waals surface area contributed by atoms with Gasteiger partial charge in [-0.25, -0.2) is 18.9 Å². The Morgan fingerprint density at radius 3 is 2.83 bits per heavy atom. The second-order valence-electron chi connectivity index (χ2n) is 5.24. The van der Waals surface area contributed by atoms with Crippen molar-refractivity contribution in [3.05, 3.63) is 86.8 Å². The van der Waals surface area contributed by atoms with Crippen LogP contribution in [0.25, 0.3) is 11.3 Å². The Morgan fingerprint density at radius 1 is 1.17 bits per heavy atom. The first-order chi connectivity index (χ1) is 11.1. The predicted molar refractivity (Wildman–Crippen MR) is 86.4 cm³/mol. The molecule has 3 aromatic rings. The van der Waals surface area contributed by atoms with Gasteiger partial charge in [0.05, 0.1) is 5.69 Å². The summed E-state index contributed by atoms with van der Waals surface area (Å²) in [5, 5.41) is 7.01. The van der Waals surface area contributed by atoms with Crippen LogP contribution >= 0.6 is 11.6 Å². The molecule has 0 unspecified atom stereocenters. The van der Waals surface area contributed by atoms with E-state index >= 15 is 0 Å². The minimum atomic E-state index is -0.327. The lowest BCUT2D eigenvalue weighted by atomic mass is 9.95. The maximum Gasteiger partial charge on any atom is 0.347 e. The molecule has 0 atom stereocenters. The normalized spacial score (nSPS) is 13.0. The summed E-state index contributed by atoms with van der Waals surface area (Å²) >= 11 is 6.13. The van der Waals surface area contributed by atoms with Crippen molar-refractivity contribution in [2.75, 3.05) is 0 Å². The number of nitrogens with one attached hydrogen (secondary N) is 1. The van der Waals surface area contributed by atoms with Crippen molar-refractivity contribution >= 4 is 17.2 Å². The van der Waals surface area contributed by atoms with Crippen molar-refractivity contribution in [2.24, 2.45) is 0 Å². The van der Waals surface area contributed by atoms with Gasteiger partial charge in [-0.1, -0.05) is 35.9 Å². The Hall–Kier alpha value is -2.66. The number of allylic oxidation sites excluding steroid dienone is 1. The number of aromatic amines is 1. The minimum absolute atomic E-state index is 0.321. The number of benzene rings is 2. The standard InChI is InChI=1S/C17H11ClFN3O/c18-10-5-7-15-13(9-10)11(12-3-1-2-4-14(12)19)6-8-16-20-21-17(23)22(15)16/h1-7,9H,8H2,(H,21,23). The fourth-order valence-corrected chi connectivity index (χ4v) is 3.04. The van der Waals surface area contributed by atoms with Crippen LogP contribution in [0.3, 0.4) is 0 Å². The molecule has 0 spiro atoms. The number of aromatic nitrogens is 3. The fourth-order valence-electron chi connectivity index (χ4n) is 2.87. The molecule has 0 aliphatic carbocycles. The van der Waals surface area contributed by atoms with Crippen molar-refractivity contribution in [2.45, 2.75) is 6.42 Å². The van der Waals surface area contributed by atoms with Crippen LogP contribution in [0.1, 0.15) is 17.0 Å². The fraction of sp³-hybridized carbons (Fsp3) is 0.0588. The minimum Gasteiger partial charge on any atom is -0.246 e. The Bertz CT molecular complexity index is 1000. The van der Waals surface area contributed by atoms with E-state index in [9.17, 15) is 9.18 Å². The van der Waals surface area contributed by atoms with E-state index in [1.807, 2.05) is 6.08 Å². The molecule has 2 aromatic carbocycles. The molecule has 23 heavy (non-hydrogen) atoms. The van der Waals surface area contributed by atoms with Gasteiger partial charge in [-0.3, -0.25) is 0 Å². The topological polar surface area (TPSA) is 50.7 Å². The van der Waals surface area contributed by atoms with Gasteiger partial charge in [0.2, 0.25) is 0 Å². The van der Waals surface area contributed by atoms with Crippen molar-refractivity contribution in [3.63, 3.8) is 0 Å². The lowest BCUT2D eigenvalue weighted by Crippen LogP contribution is -2.17. The van der Waals surface area contributed by atoms with Gasteiger partial charge in [0.1, 0.15) is 11.6 Å². The zero-order valence-electron chi connectivity index (χ0n) is 11.9. The molecule has 4 nitrogen and oxygen atoms in total. The number of rotatable bonds is 1. The number of hydrogen-bond acceptors (Lipinski definition) is 2. The van der Waals surface area contributed by atoms with Crippen molar-refractivity contribution in [3.8, 4) is 5.69 Å². The summed E-state index contributed by atoms with van der Waals surface area (Å²) in [5.74, 6) is 0.253. The number of H-pyrrole nitrogens is 1. The first-order valence-corrected chi connectivity index (χ1v) is 7.44. The quantitative estimate of drug-likeness (QED) is 0.745. The van der Waals surface area contributed by atoms with E-state index in [2.05, 4.69) is 10.2 Å². The van der Waals surface area contributed by atoms with Gasteiger partial charge in [0.25, 0.3) is 0 Å². The Labute approximate surface area is 135 Å². The molecule has 0 fully saturated rings. The Morgan fingerprint density at radius 2 is 2.00 bits per heavy atom. The van der Waals surface area contributed by atoms with Crippen molar-refractivity contribution in [1.82, 2.24) is 14.8 Å². The molecule has 0 saturated heterocycles. The van der Waals surface area contributed by atoms with Crippen LogP contribution in [0, 0.1) is 5.82 Å². The third-order valence-electron chi connectivity index (χ3n) is 3.88. The highest BCUT2D eigenvalue weighted by Gasteiger charge is 2.21. The van der Waals surface area contributed by atoms with E-state index in [0.29, 0.717) is 39.7 Å². The van der Waals surface area contributed by atoms with Crippen LogP contribution in [0.2, 0.25) is 5.02 Å². The zero-order chi connectivity index (χ0) is 16.0. The van der Waals surface area contributed by atoms with Crippen LogP contribution in [0.5, 0.6) is 0 Å².